The van der Waals surface area contributed by atoms with Crippen LogP contribution >= 0.6 is 15.9 Å². The number of phenols is 1. The first-order valence-corrected chi connectivity index (χ1v) is 6.56. The largest absolute Gasteiger partial charge is 0.506 e. The van der Waals surface area contributed by atoms with Crippen molar-refractivity contribution in [2.24, 2.45) is 5.92 Å². The van der Waals surface area contributed by atoms with E-state index in [1.807, 2.05) is 12.2 Å². The number of hydrogen-bond acceptors (Lipinski definition) is 3. The van der Waals surface area contributed by atoms with Crippen LogP contribution < -0.4 is 5.32 Å². The maximum atomic E-state index is 11.3. The highest BCUT2D eigenvalue weighted by molar-refractivity contribution is 9.10. The lowest BCUT2D eigenvalue weighted by Gasteiger charge is -2.35. The molecule has 0 bridgehead atoms. The minimum atomic E-state index is -0.876. The van der Waals surface area contributed by atoms with Gasteiger partial charge < -0.3 is 15.5 Å². The monoisotopic (exact) mass is 309 g/mol. The quantitative estimate of drug-likeness (QED) is 0.551. The van der Waals surface area contributed by atoms with Crippen molar-refractivity contribution in [3.8, 4) is 5.75 Å². The average molecular weight is 310 g/mol. The third-order valence-corrected chi connectivity index (χ3v) is 4.40. The van der Waals surface area contributed by atoms with Crippen LogP contribution in [-0.4, -0.2) is 22.2 Å². The first-order valence-electron chi connectivity index (χ1n) is 5.77. The van der Waals surface area contributed by atoms with Crippen LogP contribution in [0, 0.1) is 5.92 Å². The van der Waals surface area contributed by atoms with Gasteiger partial charge in [0.05, 0.1) is 5.69 Å². The molecular formula is C13H12BrNO3. The fourth-order valence-electron chi connectivity index (χ4n) is 2.89. The van der Waals surface area contributed by atoms with Gasteiger partial charge in [-0.2, -0.15) is 0 Å². The van der Waals surface area contributed by atoms with Crippen molar-refractivity contribution < 1.29 is 15.0 Å². The van der Waals surface area contributed by atoms with Gasteiger partial charge in [-0.05, 0) is 18.6 Å². The fourth-order valence-corrected chi connectivity index (χ4v) is 3.49. The van der Waals surface area contributed by atoms with Gasteiger partial charge in [0.1, 0.15) is 11.8 Å². The number of carbonyl (C=O) groups is 1. The topological polar surface area (TPSA) is 69.6 Å². The molecule has 0 aromatic heterocycles. The minimum Gasteiger partial charge on any atom is -0.506 e. The van der Waals surface area contributed by atoms with Gasteiger partial charge in [-0.3, -0.25) is 0 Å². The number of fused-ring (bicyclic) bond motifs is 3. The maximum absolute atomic E-state index is 11.3. The summed E-state index contributed by atoms with van der Waals surface area (Å²) in [6.45, 7) is 0. The van der Waals surface area contributed by atoms with E-state index >= 15 is 0 Å². The summed E-state index contributed by atoms with van der Waals surface area (Å²) >= 11 is 3.48. The number of rotatable bonds is 1. The standard InChI is InChI=1S/C13H12BrNO3/c14-8-4-5-9(16)12-10(8)6-2-1-3-7(6)11(15-12)13(17)18/h1-2,4-7,11,15-16H,3H2,(H,17,18)/t6-,7+,11+/m1/s1. The number of anilines is 1. The maximum Gasteiger partial charge on any atom is 0.326 e. The highest BCUT2D eigenvalue weighted by Crippen LogP contribution is 2.50. The van der Waals surface area contributed by atoms with Crippen molar-refractivity contribution in [2.75, 3.05) is 5.32 Å². The zero-order valence-electron chi connectivity index (χ0n) is 9.43. The molecule has 0 saturated heterocycles. The van der Waals surface area contributed by atoms with E-state index in [1.54, 1.807) is 12.1 Å². The third-order valence-electron chi connectivity index (χ3n) is 3.71. The number of carboxylic acid groups (broad SMARTS) is 1. The first-order chi connectivity index (χ1) is 8.59. The van der Waals surface area contributed by atoms with Crippen LogP contribution in [0.1, 0.15) is 17.9 Å². The molecule has 3 N–H and O–H groups in total. The SMILES string of the molecule is O=C(O)[C@H]1Nc2c(O)ccc(Br)c2[C@@H]2C=CC[C@H]12. The van der Waals surface area contributed by atoms with Gasteiger partial charge in [-0.15, -0.1) is 0 Å². The van der Waals surface area contributed by atoms with Gasteiger partial charge in [0.25, 0.3) is 0 Å². The predicted octanol–water partition coefficient (Wildman–Crippen LogP) is 2.69. The van der Waals surface area contributed by atoms with E-state index in [4.69, 9.17) is 0 Å². The molecule has 4 nitrogen and oxygen atoms in total. The summed E-state index contributed by atoms with van der Waals surface area (Å²) in [7, 11) is 0. The molecule has 0 radical (unpaired) electrons. The summed E-state index contributed by atoms with van der Waals surface area (Å²) < 4.78 is 0.896. The van der Waals surface area contributed by atoms with Gasteiger partial charge in [0, 0.05) is 21.9 Å². The summed E-state index contributed by atoms with van der Waals surface area (Å²) in [5.74, 6) is -0.728. The molecule has 0 unspecified atom stereocenters. The molecule has 94 valence electrons. The number of halogens is 1. The second-order valence-corrected chi connectivity index (χ2v) is 5.52. The molecule has 0 amide bonds. The molecule has 5 heteroatoms. The van der Waals surface area contributed by atoms with E-state index in [2.05, 4.69) is 21.2 Å². The van der Waals surface area contributed by atoms with E-state index in [0.717, 1.165) is 16.5 Å². The van der Waals surface area contributed by atoms with Crippen molar-refractivity contribution in [3.05, 3.63) is 34.3 Å². The number of allylic oxidation sites excluding steroid dienone is 2. The van der Waals surface area contributed by atoms with E-state index in [9.17, 15) is 15.0 Å². The summed E-state index contributed by atoms with van der Waals surface area (Å²) in [5.41, 5.74) is 1.48. The van der Waals surface area contributed by atoms with Crippen LogP contribution in [0.4, 0.5) is 5.69 Å². The molecule has 1 aromatic carbocycles. The van der Waals surface area contributed by atoms with Crippen LogP contribution in [-0.2, 0) is 4.79 Å². The Labute approximate surface area is 112 Å². The number of carboxylic acids is 1. The molecule has 2 aliphatic rings. The van der Waals surface area contributed by atoms with Crippen molar-refractivity contribution in [3.63, 3.8) is 0 Å². The fraction of sp³-hybridized carbons (Fsp3) is 0.308. The summed E-state index contributed by atoms with van der Waals surface area (Å²) in [4.78, 5) is 11.3. The van der Waals surface area contributed by atoms with Crippen molar-refractivity contribution in [1.29, 1.82) is 0 Å². The zero-order chi connectivity index (χ0) is 12.9. The Balaban J connectivity index is 2.17. The molecule has 0 fully saturated rings. The van der Waals surface area contributed by atoms with Crippen molar-refractivity contribution >= 4 is 27.6 Å². The van der Waals surface area contributed by atoms with Gasteiger partial charge in [0.2, 0.25) is 0 Å². The molecule has 1 aromatic rings. The number of hydrogen-bond donors (Lipinski definition) is 3. The van der Waals surface area contributed by atoms with E-state index in [0.29, 0.717) is 5.69 Å². The van der Waals surface area contributed by atoms with Gasteiger partial charge in [0.15, 0.2) is 0 Å². The summed E-state index contributed by atoms with van der Waals surface area (Å²) in [6, 6.07) is 2.70. The van der Waals surface area contributed by atoms with E-state index in [-0.39, 0.29) is 17.6 Å². The Morgan fingerprint density at radius 1 is 1.44 bits per heavy atom. The predicted molar refractivity (Wildman–Crippen MR) is 70.8 cm³/mol. The summed E-state index contributed by atoms with van der Waals surface area (Å²) in [5, 5.41) is 22.1. The number of nitrogens with one attached hydrogen (secondary N) is 1. The van der Waals surface area contributed by atoms with E-state index in [1.165, 1.54) is 0 Å². The van der Waals surface area contributed by atoms with Gasteiger partial charge in [-0.1, -0.05) is 28.1 Å². The highest BCUT2D eigenvalue weighted by Gasteiger charge is 2.42. The molecule has 1 heterocycles. The smallest absolute Gasteiger partial charge is 0.326 e. The Bertz CT molecular complexity index is 555. The molecule has 18 heavy (non-hydrogen) atoms. The van der Waals surface area contributed by atoms with Crippen molar-refractivity contribution in [1.82, 2.24) is 0 Å². The van der Waals surface area contributed by atoms with Crippen molar-refractivity contribution in [2.45, 2.75) is 18.4 Å². The minimum absolute atomic E-state index is 0.00750. The zero-order valence-corrected chi connectivity index (χ0v) is 11.0. The Morgan fingerprint density at radius 2 is 2.22 bits per heavy atom. The lowest BCUT2D eigenvalue weighted by Crippen LogP contribution is -2.42. The highest BCUT2D eigenvalue weighted by atomic mass is 79.9. The van der Waals surface area contributed by atoms with E-state index < -0.39 is 12.0 Å². The molecule has 0 spiro atoms. The average Bonchev–Trinajstić information content (AvgIpc) is 2.81. The molecular weight excluding hydrogens is 298 g/mol. The second-order valence-electron chi connectivity index (χ2n) is 4.67. The second kappa shape index (κ2) is 4.02. The number of benzene rings is 1. The Kier molecular flexibility index (Phi) is 2.59. The molecule has 3 rings (SSSR count). The first kappa shape index (κ1) is 11.6. The molecule has 3 atom stereocenters. The number of phenolic OH excluding ortho intramolecular Hbond substituents is 1. The van der Waals surface area contributed by atoms with Crippen LogP contribution in [0.25, 0.3) is 0 Å². The van der Waals surface area contributed by atoms with Gasteiger partial charge >= 0.3 is 5.97 Å². The number of aromatic hydroxyl groups is 1. The molecule has 1 aliphatic carbocycles. The lowest BCUT2D eigenvalue weighted by atomic mass is 9.79. The molecule has 1 aliphatic heterocycles. The Morgan fingerprint density at radius 3 is 2.94 bits per heavy atom. The summed E-state index contributed by atoms with van der Waals surface area (Å²) in [6.07, 6.45) is 4.79. The van der Waals surface area contributed by atoms with Crippen LogP contribution in [0.5, 0.6) is 5.75 Å². The normalized spacial score (nSPS) is 28.4. The number of aliphatic carboxylic acids is 1. The molecule has 0 saturated carbocycles. The van der Waals surface area contributed by atoms with Crippen LogP contribution in [0.2, 0.25) is 0 Å². The van der Waals surface area contributed by atoms with Gasteiger partial charge in [-0.25, -0.2) is 4.79 Å². The third kappa shape index (κ3) is 1.54. The lowest BCUT2D eigenvalue weighted by molar-refractivity contribution is -0.139. The van der Waals surface area contributed by atoms with Crippen LogP contribution in [0.3, 0.4) is 0 Å². The van der Waals surface area contributed by atoms with Crippen LogP contribution in [0.15, 0.2) is 28.8 Å². The Hall–Kier alpha value is -1.49.